The third kappa shape index (κ3) is 7.91. The highest BCUT2D eigenvalue weighted by Gasteiger charge is 2.23. The smallest absolute Gasteiger partial charge is 0.323 e. The molecule has 0 saturated carbocycles. The molecule has 0 aliphatic carbocycles. The largest absolute Gasteiger partial charge is 0.488 e. The van der Waals surface area contributed by atoms with Crippen LogP contribution in [0.2, 0.25) is 0 Å². The molecule has 2 aromatic carbocycles. The summed E-state index contributed by atoms with van der Waals surface area (Å²) in [5.41, 5.74) is 3.19. The summed E-state index contributed by atoms with van der Waals surface area (Å²) in [6.45, 7) is 12.5. The minimum Gasteiger partial charge on any atom is -0.488 e. The van der Waals surface area contributed by atoms with Gasteiger partial charge in [-0.2, -0.15) is 0 Å². The van der Waals surface area contributed by atoms with Crippen molar-refractivity contribution in [2.75, 3.05) is 61.5 Å². The molecule has 2 N–H and O–H groups in total. The first-order valence-electron chi connectivity index (χ1n) is 13.9. The average molecular weight is 533 g/mol. The van der Waals surface area contributed by atoms with Gasteiger partial charge in [0, 0.05) is 49.7 Å². The molecular formula is C30H40N6O3. The Hall–Kier alpha value is -3.69. The average Bonchev–Trinajstić information content (AvgIpc) is 2.95. The van der Waals surface area contributed by atoms with Crippen molar-refractivity contribution < 1.29 is 14.3 Å². The second kappa shape index (κ2) is 14.5. The van der Waals surface area contributed by atoms with E-state index in [2.05, 4.69) is 34.3 Å². The van der Waals surface area contributed by atoms with Gasteiger partial charge in [0.15, 0.2) is 17.4 Å². The molecular weight excluding hydrogens is 492 g/mol. The van der Waals surface area contributed by atoms with Gasteiger partial charge >= 0.3 is 6.03 Å². The molecule has 1 aromatic heterocycles. The molecule has 0 spiro atoms. The number of amides is 2. The second-order valence-corrected chi connectivity index (χ2v) is 9.48. The number of anilines is 3. The number of carbonyl (C=O) groups excluding carboxylic acids is 1. The monoisotopic (exact) mass is 532 g/mol. The Morgan fingerprint density at radius 3 is 2.18 bits per heavy atom. The SMILES string of the molecule is CCCN(CCC)c1nc(-c2ccc(NC(=O)Nc3ccccc3)cc2)nc(CN2CCOCC2)c1OCC. The number of ether oxygens (including phenoxy) is 2. The summed E-state index contributed by atoms with van der Waals surface area (Å²) in [4.78, 5) is 27.2. The zero-order valence-corrected chi connectivity index (χ0v) is 23.3. The van der Waals surface area contributed by atoms with E-state index in [1.54, 1.807) is 0 Å². The Bertz CT molecular complexity index is 1180. The molecule has 0 atom stereocenters. The summed E-state index contributed by atoms with van der Waals surface area (Å²) >= 11 is 0. The molecule has 1 fully saturated rings. The quantitative estimate of drug-likeness (QED) is 0.312. The van der Waals surface area contributed by atoms with Crippen molar-refractivity contribution in [2.45, 2.75) is 40.2 Å². The highest BCUT2D eigenvalue weighted by atomic mass is 16.5. The van der Waals surface area contributed by atoms with Crippen LogP contribution in [-0.2, 0) is 11.3 Å². The number of aromatic nitrogens is 2. The van der Waals surface area contributed by atoms with Crippen LogP contribution in [0.3, 0.4) is 0 Å². The second-order valence-electron chi connectivity index (χ2n) is 9.48. The maximum Gasteiger partial charge on any atom is 0.323 e. The molecule has 208 valence electrons. The molecule has 39 heavy (non-hydrogen) atoms. The molecule has 0 bridgehead atoms. The highest BCUT2D eigenvalue weighted by Crippen LogP contribution is 2.34. The molecule has 4 rings (SSSR count). The maximum atomic E-state index is 12.4. The van der Waals surface area contributed by atoms with Crippen LogP contribution >= 0.6 is 0 Å². The summed E-state index contributed by atoms with van der Waals surface area (Å²) < 4.78 is 11.8. The molecule has 1 aliphatic heterocycles. The zero-order chi connectivity index (χ0) is 27.5. The van der Waals surface area contributed by atoms with E-state index in [4.69, 9.17) is 19.4 Å². The van der Waals surface area contributed by atoms with E-state index >= 15 is 0 Å². The summed E-state index contributed by atoms with van der Waals surface area (Å²) in [5.74, 6) is 2.26. The van der Waals surface area contributed by atoms with Crippen molar-refractivity contribution in [1.82, 2.24) is 14.9 Å². The minimum atomic E-state index is -0.295. The van der Waals surface area contributed by atoms with Crippen molar-refractivity contribution in [3.63, 3.8) is 0 Å². The first-order chi connectivity index (χ1) is 19.1. The van der Waals surface area contributed by atoms with Crippen molar-refractivity contribution in [2.24, 2.45) is 0 Å². The third-order valence-electron chi connectivity index (χ3n) is 6.40. The molecule has 2 amide bonds. The van der Waals surface area contributed by atoms with E-state index in [0.29, 0.717) is 24.7 Å². The number of nitrogens with zero attached hydrogens (tertiary/aromatic N) is 4. The van der Waals surface area contributed by atoms with Gasteiger partial charge in [-0.1, -0.05) is 32.0 Å². The number of carbonyl (C=O) groups is 1. The predicted molar refractivity (Wildman–Crippen MR) is 157 cm³/mol. The van der Waals surface area contributed by atoms with Gasteiger partial charge in [-0.05, 0) is 56.2 Å². The van der Waals surface area contributed by atoms with Crippen LogP contribution in [0.5, 0.6) is 5.75 Å². The lowest BCUT2D eigenvalue weighted by molar-refractivity contribution is 0.0332. The van der Waals surface area contributed by atoms with Gasteiger partial charge in [0.05, 0.1) is 19.8 Å². The molecule has 0 radical (unpaired) electrons. The molecule has 3 aromatic rings. The molecule has 1 saturated heterocycles. The van der Waals surface area contributed by atoms with Crippen LogP contribution in [0, 0.1) is 0 Å². The van der Waals surface area contributed by atoms with Crippen LogP contribution in [0.25, 0.3) is 11.4 Å². The molecule has 9 heteroatoms. The van der Waals surface area contributed by atoms with Gasteiger partial charge in [-0.15, -0.1) is 0 Å². The minimum absolute atomic E-state index is 0.295. The van der Waals surface area contributed by atoms with E-state index in [1.807, 2.05) is 61.5 Å². The number of nitrogens with one attached hydrogen (secondary N) is 2. The fourth-order valence-corrected chi connectivity index (χ4v) is 4.58. The number of para-hydroxylation sites is 1. The third-order valence-corrected chi connectivity index (χ3v) is 6.40. The van der Waals surface area contributed by atoms with E-state index < -0.39 is 0 Å². The van der Waals surface area contributed by atoms with Crippen LogP contribution in [0.15, 0.2) is 54.6 Å². The Labute approximate surface area is 231 Å². The zero-order valence-electron chi connectivity index (χ0n) is 23.3. The Morgan fingerprint density at radius 1 is 0.923 bits per heavy atom. The molecule has 1 aliphatic rings. The lowest BCUT2D eigenvalue weighted by Crippen LogP contribution is -2.36. The Morgan fingerprint density at radius 2 is 1.56 bits per heavy atom. The fraction of sp³-hybridized carbons (Fsp3) is 0.433. The van der Waals surface area contributed by atoms with Crippen LogP contribution < -0.4 is 20.3 Å². The molecule has 9 nitrogen and oxygen atoms in total. The lowest BCUT2D eigenvalue weighted by Gasteiger charge is -2.29. The first kappa shape index (κ1) is 28.3. The van der Waals surface area contributed by atoms with Gasteiger partial charge in [0.1, 0.15) is 5.69 Å². The van der Waals surface area contributed by atoms with Gasteiger partial charge in [-0.3, -0.25) is 4.90 Å². The topological polar surface area (TPSA) is 91.9 Å². The predicted octanol–water partition coefficient (Wildman–Crippen LogP) is 5.64. The van der Waals surface area contributed by atoms with Gasteiger partial charge in [0.2, 0.25) is 0 Å². The molecule has 0 unspecified atom stereocenters. The fourth-order valence-electron chi connectivity index (χ4n) is 4.58. The van der Waals surface area contributed by atoms with Crippen molar-refractivity contribution in [3.05, 3.63) is 60.3 Å². The Kier molecular flexibility index (Phi) is 10.5. The summed E-state index contributed by atoms with van der Waals surface area (Å²) in [6.07, 6.45) is 2.02. The van der Waals surface area contributed by atoms with Crippen molar-refractivity contribution >= 4 is 23.2 Å². The van der Waals surface area contributed by atoms with Crippen LogP contribution in [-0.4, -0.2) is 66.9 Å². The molecule has 2 heterocycles. The number of urea groups is 1. The van der Waals surface area contributed by atoms with Gasteiger partial charge in [0.25, 0.3) is 0 Å². The number of hydrogen-bond donors (Lipinski definition) is 2. The van der Waals surface area contributed by atoms with Crippen molar-refractivity contribution in [1.29, 1.82) is 0 Å². The van der Waals surface area contributed by atoms with E-state index in [1.165, 1.54) is 0 Å². The van der Waals surface area contributed by atoms with E-state index in [0.717, 1.165) is 80.7 Å². The van der Waals surface area contributed by atoms with Gasteiger partial charge in [-0.25, -0.2) is 14.8 Å². The maximum absolute atomic E-state index is 12.4. The highest BCUT2D eigenvalue weighted by molar-refractivity contribution is 5.99. The summed E-state index contributed by atoms with van der Waals surface area (Å²) in [7, 11) is 0. The normalized spacial score (nSPS) is 13.6. The first-order valence-corrected chi connectivity index (χ1v) is 13.9. The standard InChI is InChI=1S/C30H40N6O3/c1-4-16-36(17-5-2)29-27(39-6-3)26(22-35-18-20-38-21-19-35)33-28(34-29)23-12-14-25(15-13-23)32-30(37)31-24-10-8-7-9-11-24/h7-15H,4-6,16-22H2,1-3H3,(H2,31,32,37). The van der Waals surface area contributed by atoms with Gasteiger partial charge < -0.3 is 25.0 Å². The number of rotatable bonds is 12. The van der Waals surface area contributed by atoms with E-state index in [-0.39, 0.29) is 6.03 Å². The lowest BCUT2D eigenvalue weighted by atomic mass is 10.1. The van der Waals surface area contributed by atoms with Crippen molar-refractivity contribution in [3.8, 4) is 17.1 Å². The number of morpholine rings is 1. The number of benzene rings is 2. The van der Waals surface area contributed by atoms with E-state index in [9.17, 15) is 4.79 Å². The summed E-state index contributed by atoms with van der Waals surface area (Å²) in [5, 5.41) is 5.72. The number of hydrogen-bond acceptors (Lipinski definition) is 7. The van der Waals surface area contributed by atoms with Crippen LogP contribution in [0.1, 0.15) is 39.3 Å². The Balaban J connectivity index is 1.63. The van der Waals surface area contributed by atoms with Crippen LogP contribution in [0.4, 0.5) is 22.0 Å². The summed E-state index contributed by atoms with van der Waals surface area (Å²) in [6, 6.07) is 16.7.